The van der Waals surface area contributed by atoms with Crippen LogP contribution in [0.15, 0.2) is 42.5 Å². The number of rotatable bonds is 11. The molecule has 0 bridgehead atoms. The molecule has 1 aliphatic rings. The smallest absolute Gasteiger partial charge is 0.186 e. The minimum Gasteiger partial charge on any atom is -0.504 e. The fraction of sp³-hybridized carbons (Fsp3) is 0.500. The normalized spacial score (nSPS) is 26.1. The van der Waals surface area contributed by atoms with Gasteiger partial charge in [-0.25, -0.2) is 0 Å². The van der Waals surface area contributed by atoms with Crippen LogP contribution in [-0.2, 0) is 14.2 Å². The second-order valence-corrected chi connectivity index (χ2v) is 7.93. The summed E-state index contributed by atoms with van der Waals surface area (Å²) in [6.07, 6.45) is -8.57. The van der Waals surface area contributed by atoms with Crippen molar-refractivity contribution in [1.29, 1.82) is 0 Å². The molecule has 0 spiro atoms. The first kappa shape index (κ1) is 27.0. The van der Waals surface area contributed by atoms with Crippen LogP contribution in [0.1, 0.15) is 11.7 Å². The van der Waals surface area contributed by atoms with E-state index in [2.05, 4.69) is 0 Å². The number of aliphatic hydroxyl groups is 4. The first-order chi connectivity index (χ1) is 16.8. The number of ether oxygens (including phenoxy) is 6. The number of phenolic OH excluding ortho intramolecular Hbond substituents is 1. The van der Waals surface area contributed by atoms with Crippen LogP contribution in [0.5, 0.6) is 23.0 Å². The van der Waals surface area contributed by atoms with Crippen molar-refractivity contribution >= 4 is 0 Å². The number of methoxy groups -OCH3 is 3. The zero-order valence-electron chi connectivity index (χ0n) is 19.7. The topological polar surface area (TPSA) is 157 Å². The quantitative estimate of drug-likeness (QED) is 0.293. The average Bonchev–Trinajstić information content (AvgIpc) is 2.88. The first-order valence-corrected chi connectivity index (χ1v) is 11.0. The lowest BCUT2D eigenvalue weighted by molar-refractivity contribution is -0.299. The maximum atomic E-state index is 10.4. The first-order valence-electron chi connectivity index (χ1n) is 11.0. The van der Waals surface area contributed by atoms with Gasteiger partial charge in [0.2, 0.25) is 0 Å². The second-order valence-electron chi connectivity index (χ2n) is 7.93. The van der Waals surface area contributed by atoms with Gasteiger partial charge in [0.1, 0.15) is 30.5 Å². The Balaban J connectivity index is 1.89. The molecule has 11 heteroatoms. The highest BCUT2D eigenvalue weighted by atomic mass is 16.7. The van der Waals surface area contributed by atoms with E-state index in [9.17, 15) is 25.5 Å². The van der Waals surface area contributed by atoms with E-state index in [-0.39, 0.29) is 18.1 Å². The van der Waals surface area contributed by atoms with Crippen molar-refractivity contribution in [1.82, 2.24) is 0 Å². The third-order valence-electron chi connectivity index (χ3n) is 5.74. The SMILES string of the molecule is COc1cc([C@H](OC[C@H]2O[C@H](OC)[C@H](O)[C@@H](O)[C@H]2O)[C@@H](CO)Oc2ccccc2OC)ccc1O. The second kappa shape index (κ2) is 12.4. The summed E-state index contributed by atoms with van der Waals surface area (Å²) in [5, 5.41) is 50.8. The monoisotopic (exact) mass is 496 g/mol. The van der Waals surface area contributed by atoms with Crippen LogP contribution >= 0.6 is 0 Å². The molecule has 0 amide bonds. The van der Waals surface area contributed by atoms with E-state index < -0.39 is 49.5 Å². The van der Waals surface area contributed by atoms with Gasteiger partial charge in [-0.3, -0.25) is 0 Å². The molecule has 1 saturated heterocycles. The number of hydrogen-bond donors (Lipinski definition) is 5. The van der Waals surface area contributed by atoms with E-state index in [4.69, 9.17) is 28.4 Å². The number of aromatic hydroxyl groups is 1. The van der Waals surface area contributed by atoms with Crippen molar-refractivity contribution in [2.45, 2.75) is 42.9 Å². The maximum absolute atomic E-state index is 10.4. The molecule has 7 atom stereocenters. The highest BCUT2D eigenvalue weighted by molar-refractivity contribution is 5.43. The Kier molecular flexibility index (Phi) is 9.52. The van der Waals surface area contributed by atoms with Gasteiger partial charge in [-0.1, -0.05) is 18.2 Å². The van der Waals surface area contributed by atoms with Crippen molar-refractivity contribution < 1.29 is 54.0 Å². The highest BCUT2D eigenvalue weighted by Gasteiger charge is 2.44. The van der Waals surface area contributed by atoms with Crippen molar-refractivity contribution in [3.63, 3.8) is 0 Å². The Bertz CT molecular complexity index is 937. The predicted molar refractivity (Wildman–Crippen MR) is 122 cm³/mol. The van der Waals surface area contributed by atoms with E-state index in [1.165, 1.54) is 33.5 Å². The van der Waals surface area contributed by atoms with Gasteiger partial charge >= 0.3 is 0 Å². The summed E-state index contributed by atoms with van der Waals surface area (Å²) in [4.78, 5) is 0. The van der Waals surface area contributed by atoms with Gasteiger partial charge in [0.05, 0.1) is 27.4 Å². The molecule has 2 aromatic carbocycles. The van der Waals surface area contributed by atoms with Gasteiger partial charge in [-0.2, -0.15) is 0 Å². The van der Waals surface area contributed by atoms with Gasteiger partial charge in [0.25, 0.3) is 0 Å². The van der Waals surface area contributed by atoms with E-state index >= 15 is 0 Å². The highest BCUT2D eigenvalue weighted by Crippen LogP contribution is 2.35. The van der Waals surface area contributed by atoms with E-state index in [0.717, 1.165) is 0 Å². The molecule has 1 aliphatic heterocycles. The minimum absolute atomic E-state index is 0.0905. The maximum Gasteiger partial charge on any atom is 0.186 e. The summed E-state index contributed by atoms with van der Waals surface area (Å²) in [6, 6.07) is 11.4. The lowest BCUT2D eigenvalue weighted by Gasteiger charge is -2.40. The Hall–Kier alpha value is -2.64. The van der Waals surface area contributed by atoms with E-state index in [1.807, 2.05) is 0 Å². The van der Waals surface area contributed by atoms with Crippen molar-refractivity contribution in [3.8, 4) is 23.0 Å². The lowest BCUT2D eigenvalue weighted by atomic mass is 9.99. The summed E-state index contributed by atoms with van der Waals surface area (Å²) in [5.74, 6) is 0.892. The summed E-state index contributed by atoms with van der Waals surface area (Å²) in [7, 11) is 4.18. The average molecular weight is 497 g/mol. The zero-order chi connectivity index (χ0) is 25.5. The van der Waals surface area contributed by atoms with Crippen LogP contribution in [0.25, 0.3) is 0 Å². The van der Waals surface area contributed by atoms with Crippen molar-refractivity contribution in [2.75, 3.05) is 34.5 Å². The van der Waals surface area contributed by atoms with E-state index in [0.29, 0.717) is 17.1 Å². The molecule has 0 aromatic heterocycles. The minimum atomic E-state index is -1.52. The van der Waals surface area contributed by atoms with Crippen LogP contribution in [0.4, 0.5) is 0 Å². The Morgan fingerprint density at radius 3 is 2.20 bits per heavy atom. The molecule has 0 aliphatic carbocycles. The molecule has 1 heterocycles. The van der Waals surface area contributed by atoms with Gasteiger partial charge < -0.3 is 54.0 Å². The fourth-order valence-corrected chi connectivity index (χ4v) is 3.81. The van der Waals surface area contributed by atoms with Crippen molar-refractivity contribution in [3.05, 3.63) is 48.0 Å². The van der Waals surface area contributed by atoms with Crippen LogP contribution < -0.4 is 14.2 Å². The Morgan fingerprint density at radius 2 is 1.57 bits per heavy atom. The molecule has 5 N–H and O–H groups in total. The molecular formula is C24H32O11. The third-order valence-corrected chi connectivity index (χ3v) is 5.74. The molecule has 0 saturated carbocycles. The van der Waals surface area contributed by atoms with Gasteiger partial charge in [0, 0.05) is 7.11 Å². The number of benzene rings is 2. The molecule has 3 rings (SSSR count). The molecule has 2 aromatic rings. The third kappa shape index (κ3) is 6.14. The number of para-hydroxylation sites is 2. The Labute approximate surface area is 203 Å². The van der Waals surface area contributed by atoms with Gasteiger partial charge in [0.15, 0.2) is 35.4 Å². The van der Waals surface area contributed by atoms with Crippen LogP contribution in [0, 0.1) is 0 Å². The molecular weight excluding hydrogens is 464 g/mol. The summed E-state index contributed by atoms with van der Waals surface area (Å²) >= 11 is 0. The zero-order valence-corrected chi connectivity index (χ0v) is 19.7. The molecule has 35 heavy (non-hydrogen) atoms. The summed E-state index contributed by atoms with van der Waals surface area (Å²) < 4.78 is 33.2. The number of phenols is 1. The molecule has 0 radical (unpaired) electrons. The predicted octanol–water partition coefficient (Wildman–Crippen LogP) is 0.361. The number of hydrogen-bond acceptors (Lipinski definition) is 11. The van der Waals surface area contributed by atoms with Crippen LogP contribution in [-0.4, -0.2) is 96.9 Å². The summed E-state index contributed by atoms with van der Waals surface area (Å²) in [5.41, 5.74) is 0.489. The van der Waals surface area contributed by atoms with Crippen molar-refractivity contribution in [2.24, 2.45) is 0 Å². The molecule has 194 valence electrons. The van der Waals surface area contributed by atoms with Crippen LogP contribution in [0.2, 0.25) is 0 Å². The van der Waals surface area contributed by atoms with E-state index in [1.54, 1.807) is 30.3 Å². The van der Waals surface area contributed by atoms with Gasteiger partial charge in [-0.15, -0.1) is 0 Å². The Morgan fingerprint density at radius 1 is 0.886 bits per heavy atom. The largest absolute Gasteiger partial charge is 0.504 e. The lowest BCUT2D eigenvalue weighted by Crippen LogP contribution is -2.59. The molecule has 0 unspecified atom stereocenters. The van der Waals surface area contributed by atoms with Crippen LogP contribution in [0.3, 0.4) is 0 Å². The molecule has 1 fully saturated rings. The molecule has 11 nitrogen and oxygen atoms in total. The van der Waals surface area contributed by atoms with Gasteiger partial charge in [-0.05, 0) is 29.8 Å². The standard InChI is InChI=1S/C24H32O11/c1-30-15-6-4-5-7-16(15)34-18(11-25)23(13-8-9-14(26)17(10-13)31-2)33-12-19-20(27)21(28)22(29)24(32-3)35-19/h4-10,18-29H,11-12H2,1-3H3/t18-,19-,20+,21+,22-,23+,24+/m1/s1. The number of aliphatic hydroxyl groups excluding tert-OH is 4. The fourth-order valence-electron chi connectivity index (χ4n) is 3.81. The summed E-state index contributed by atoms with van der Waals surface area (Å²) in [6.45, 7) is -0.730.